The first-order chi connectivity index (χ1) is 16.2. The number of nitrogens with zero attached hydrogens (tertiary/aromatic N) is 9. The summed E-state index contributed by atoms with van der Waals surface area (Å²) in [5.74, 6) is 1.49. The van der Waals surface area contributed by atoms with Crippen molar-refractivity contribution in [2.45, 2.75) is 33.2 Å². The fourth-order valence-corrected chi connectivity index (χ4v) is 3.91. The number of nitriles is 1. The number of pyridine rings is 1. The summed E-state index contributed by atoms with van der Waals surface area (Å²) in [7, 11) is 0. The van der Waals surface area contributed by atoms with E-state index in [9.17, 15) is 5.26 Å². The topological polar surface area (TPSA) is 137 Å². The maximum absolute atomic E-state index is 9.53. The largest absolute Gasteiger partial charge is 0.368 e. The van der Waals surface area contributed by atoms with Gasteiger partial charge in [-0.15, -0.1) is 0 Å². The van der Waals surface area contributed by atoms with Crippen LogP contribution >= 0.6 is 0 Å². The molecule has 168 valence electrons. The molecule has 5 rings (SSSR count). The number of aromatic nitrogens is 8. The molecule has 5 aromatic rings. The minimum absolute atomic E-state index is 0.225. The monoisotopic (exact) mass is 450 g/mol. The number of anilines is 1. The first kappa shape index (κ1) is 21.2. The van der Waals surface area contributed by atoms with E-state index in [1.165, 1.54) is 0 Å². The molecular formula is C24H22N10. The predicted octanol–water partition coefficient (Wildman–Crippen LogP) is 3.65. The zero-order valence-electron chi connectivity index (χ0n) is 19.2. The summed E-state index contributed by atoms with van der Waals surface area (Å²) in [6, 6.07) is 11.6. The SMILES string of the molecule is Cc1ncn(-c2ccc(C#N)nc2-c2nc3cc(-c4cnc(N)nc4)ccc3n2C(C)(C)C)n1. The molecule has 0 unspecified atom stereocenters. The van der Waals surface area contributed by atoms with E-state index in [0.717, 1.165) is 22.2 Å². The average molecular weight is 451 g/mol. The normalized spacial score (nSPS) is 11.6. The summed E-state index contributed by atoms with van der Waals surface area (Å²) in [5, 5.41) is 14.0. The van der Waals surface area contributed by atoms with Gasteiger partial charge in [0.15, 0.2) is 5.82 Å². The van der Waals surface area contributed by atoms with E-state index in [1.54, 1.807) is 29.5 Å². The summed E-state index contributed by atoms with van der Waals surface area (Å²) in [6.45, 7) is 8.13. The van der Waals surface area contributed by atoms with Crippen LogP contribution in [0.5, 0.6) is 0 Å². The maximum Gasteiger partial charge on any atom is 0.219 e. The molecule has 0 saturated carbocycles. The van der Waals surface area contributed by atoms with Gasteiger partial charge in [-0.3, -0.25) is 0 Å². The molecule has 0 amide bonds. The summed E-state index contributed by atoms with van der Waals surface area (Å²) in [4.78, 5) is 22.1. The van der Waals surface area contributed by atoms with Crippen LogP contribution in [0.15, 0.2) is 49.1 Å². The number of nitrogens with two attached hydrogens (primary N) is 1. The van der Waals surface area contributed by atoms with E-state index < -0.39 is 0 Å². The molecule has 10 nitrogen and oxygen atoms in total. The maximum atomic E-state index is 9.53. The van der Waals surface area contributed by atoms with E-state index in [0.29, 0.717) is 28.7 Å². The molecule has 0 aliphatic carbocycles. The molecule has 0 fully saturated rings. The molecule has 34 heavy (non-hydrogen) atoms. The Bertz CT molecular complexity index is 1560. The highest BCUT2D eigenvalue weighted by molar-refractivity contribution is 5.86. The first-order valence-corrected chi connectivity index (χ1v) is 10.7. The summed E-state index contributed by atoms with van der Waals surface area (Å²) in [5.41, 5.74) is 10.3. The van der Waals surface area contributed by atoms with E-state index in [1.807, 2.05) is 31.2 Å². The van der Waals surface area contributed by atoms with Gasteiger partial charge in [0.1, 0.15) is 29.6 Å². The number of nitrogen functional groups attached to an aromatic ring is 1. The second kappa shape index (κ2) is 7.74. The second-order valence-corrected chi connectivity index (χ2v) is 8.89. The van der Waals surface area contributed by atoms with Crippen LogP contribution in [0.3, 0.4) is 0 Å². The highest BCUT2D eigenvalue weighted by Gasteiger charge is 2.26. The van der Waals surface area contributed by atoms with E-state index in [4.69, 9.17) is 10.7 Å². The Kier molecular flexibility index (Phi) is 4.83. The number of benzene rings is 1. The summed E-state index contributed by atoms with van der Waals surface area (Å²) in [6.07, 6.45) is 5.01. The number of aryl methyl sites for hydroxylation is 1. The second-order valence-electron chi connectivity index (χ2n) is 8.89. The first-order valence-electron chi connectivity index (χ1n) is 10.7. The predicted molar refractivity (Wildman–Crippen MR) is 128 cm³/mol. The van der Waals surface area contributed by atoms with Gasteiger partial charge in [-0.05, 0) is 57.5 Å². The highest BCUT2D eigenvalue weighted by atomic mass is 15.3. The minimum atomic E-state index is -0.324. The molecule has 4 heterocycles. The smallest absolute Gasteiger partial charge is 0.219 e. The van der Waals surface area contributed by atoms with E-state index in [2.05, 4.69) is 56.4 Å². The molecule has 0 aliphatic heterocycles. The third-order valence-corrected chi connectivity index (χ3v) is 5.38. The van der Waals surface area contributed by atoms with Gasteiger partial charge in [0.2, 0.25) is 5.95 Å². The van der Waals surface area contributed by atoms with Gasteiger partial charge in [0.25, 0.3) is 0 Å². The van der Waals surface area contributed by atoms with Gasteiger partial charge < -0.3 is 10.3 Å². The molecule has 2 N–H and O–H groups in total. The Morgan fingerprint density at radius 2 is 1.74 bits per heavy atom. The fraction of sp³-hybridized carbons (Fsp3) is 0.208. The van der Waals surface area contributed by atoms with Crippen molar-refractivity contribution in [2.75, 3.05) is 5.73 Å². The Morgan fingerprint density at radius 1 is 0.971 bits per heavy atom. The van der Waals surface area contributed by atoms with Gasteiger partial charge >= 0.3 is 0 Å². The van der Waals surface area contributed by atoms with Crippen molar-refractivity contribution in [3.63, 3.8) is 0 Å². The van der Waals surface area contributed by atoms with E-state index in [-0.39, 0.29) is 11.5 Å². The van der Waals surface area contributed by atoms with Crippen LogP contribution in [0.25, 0.3) is 39.4 Å². The number of imidazole rings is 1. The van der Waals surface area contributed by atoms with Crippen LogP contribution in [0.1, 0.15) is 32.3 Å². The zero-order valence-corrected chi connectivity index (χ0v) is 19.2. The third-order valence-electron chi connectivity index (χ3n) is 5.38. The van der Waals surface area contributed by atoms with Gasteiger partial charge in [-0.1, -0.05) is 6.07 Å². The average Bonchev–Trinajstić information content (AvgIpc) is 3.42. The molecule has 0 aliphatic rings. The third kappa shape index (κ3) is 3.63. The van der Waals surface area contributed by atoms with Crippen LogP contribution in [-0.2, 0) is 5.54 Å². The Morgan fingerprint density at radius 3 is 2.38 bits per heavy atom. The van der Waals surface area contributed by atoms with E-state index >= 15 is 0 Å². The Balaban J connectivity index is 1.78. The lowest BCUT2D eigenvalue weighted by atomic mass is 10.1. The zero-order chi connectivity index (χ0) is 24.0. The Labute approximate surface area is 195 Å². The Hall–Kier alpha value is -4.65. The lowest BCUT2D eigenvalue weighted by Crippen LogP contribution is -2.23. The van der Waals surface area contributed by atoms with Crippen molar-refractivity contribution in [2.24, 2.45) is 0 Å². The molecule has 0 radical (unpaired) electrons. The molecule has 10 heteroatoms. The molecule has 1 aromatic carbocycles. The molecule has 4 aromatic heterocycles. The fourth-order valence-electron chi connectivity index (χ4n) is 3.91. The lowest BCUT2D eigenvalue weighted by molar-refractivity contribution is 0.412. The highest BCUT2D eigenvalue weighted by Crippen LogP contribution is 2.34. The molecular weight excluding hydrogens is 428 g/mol. The molecule has 0 saturated heterocycles. The summed E-state index contributed by atoms with van der Waals surface area (Å²) < 4.78 is 3.78. The van der Waals surface area contributed by atoms with Crippen molar-refractivity contribution in [1.29, 1.82) is 5.26 Å². The molecule has 0 spiro atoms. The van der Waals surface area contributed by atoms with Gasteiger partial charge in [-0.2, -0.15) is 10.4 Å². The van der Waals surface area contributed by atoms with Crippen molar-refractivity contribution >= 4 is 17.0 Å². The minimum Gasteiger partial charge on any atom is -0.368 e. The van der Waals surface area contributed by atoms with Crippen molar-refractivity contribution in [3.8, 4) is 34.4 Å². The van der Waals surface area contributed by atoms with Crippen LogP contribution in [0.2, 0.25) is 0 Å². The number of hydrogen-bond acceptors (Lipinski definition) is 8. The quantitative estimate of drug-likeness (QED) is 0.440. The van der Waals surface area contributed by atoms with Gasteiger partial charge in [-0.25, -0.2) is 29.6 Å². The number of rotatable bonds is 3. The van der Waals surface area contributed by atoms with Crippen LogP contribution in [-0.4, -0.2) is 39.3 Å². The van der Waals surface area contributed by atoms with Gasteiger partial charge in [0.05, 0.1) is 16.7 Å². The lowest BCUT2D eigenvalue weighted by Gasteiger charge is -2.25. The van der Waals surface area contributed by atoms with Crippen molar-refractivity contribution < 1.29 is 0 Å². The van der Waals surface area contributed by atoms with Gasteiger partial charge in [0, 0.05) is 23.5 Å². The molecule has 0 atom stereocenters. The van der Waals surface area contributed by atoms with Crippen molar-refractivity contribution in [3.05, 3.63) is 60.6 Å². The van der Waals surface area contributed by atoms with Crippen molar-refractivity contribution in [1.82, 2.24) is 39.3 Å². The number of hydrogen-bond donors (Lipinski definition) is 1. The van der Waals surface area contributed by atoms with Crippen LogP contribution < -0.4 is 5.73 Å². The molecule has 0 bridgehead atoms. The van der Waals surface area contributed by atoms with Crippen LogP contribution in [0.4, 0.5) is 5.95 Å². The summed E-state index contributed by atoms with van der Waals surface area (Å²) >= 11 is 0. The standard InChI is InChI=1S/C24H22N10/c1-14-29-13-33(32-14)20-8-6-17(10-25)30-21(20)22-31-18-9-15(16-11-27-23(26)28-12-16)5-7-19(18)34(22)24(2,3)4/h5-9,11-13H,1-4H3,(H2,26,27,28). The number of fused-ring (bicyclic) bond motifs is 1. The van der Waals surface area contributed by atoms with Crippen LogP contribution in [0, 0.1) is 18.3 Å².